The van der Waals surface area contributed by atoms with Gasteiger partial charge in [0.1, 0.15) is 0 Å². The maximum Gasteiger partial charge on any atom is 0.0925 e. The Balaban J connectivity index is 2.13. The van der Waals surface area contributed by atoms with Crippen LogP contribution >= 0.6 is 11.3 Å². The lowest BCUT2D eigenvalue weighted by molar-refractivity contribution is 0.244. The van der Waals surface area contributed by atoms with Crippen LogP contribution in [0.2, 0.25) is 0 Å². The standard InChI is InChI=1S/C10H16N2OS/c1-2-10-12-9(6-14-10)7-3-4-11-8(7)5-13/h6-8,11,13H,2-5H2,1H3. The second-order valence-corrected chi connectivity index (χ2v) is 4.60. The van der Waals surface area contributed by atoms with E-state index in [0.717, 1.165) is 25.1 Å². The van der Waals surface area contributed by atoms with Gasteiger partial charge in [0.15, 0.2) is 0 Å². The fourth-order valence-corrected chi connectivity index (χ4v) is 2.78. The molecule has 1 aromatic rings. The van der Waals surface area contributed by atoms with Crippen LogP contribution in [-0.2, 0) is 6.42 Å². The van der Waals surface area contributed by atoms with Crippen molar-refractivity contribution >= 4 is 11.3 Å². The number of nitrogens with one attached hydrogen (secondary N) is 1. The summed E-state index contributed by atoms with van der Waals surface area (Å²) in [6.07, 6.45) is 2.10. The summed E-state index contributed by atoms with van der Waals surface area (Å²) in [6, 6.07) is 0.210. The molecule has 2 heterocycles. The zero-order valence-electron chi connectivity index (χ0n) is 8.36. The van der Waals surface area contributed by atoms with Crippen molar-refractivity contribution in [3.63, 3.8) is 0 Å². The third kappa shape index (κ3) is 1.82. The SMILES string of the molecule is CCc1nc(C2CCNC2CO)cs1. The van der Waals surface area contributed by atoms with Crippen molar-refractivity contribution in [2.24, 2.45) is 0 Å². The summed E-state index contributed by atoms with van der Waals surface area (Å²) in [5.41, 5.74) is 1.16. The maximum atomic E-state index is 9.17. The van der Waals surface area contributed by atoms with Crippen LogP contribution < -0.4 is 5.32 Å². The van der Waals surface area contributed by atoms with Crippen molar-refractivity contribution in [1.29, 1.82) is 0 Å². The van der Waals surface area contributed by atoms with E-state index in [-0.39, 0.29) is 12.6 Å². The largest absolute Gasteiger partial charge is 0.395 e. The summed E-state index contributed by atoms with van der Waals surface area (Å²) in [6.45, 7) is 3.33. The Hall–Kier alpha value is -0.450. The van der Waals surface area contributed by atoms with Crippen molar-refractivity contribution in [2.45, 2.75) is 31.7 Å². The van der Waals surface area contributed by atoms with E-state index in [1.54, 1.807) is 11.3 Å². The first kappa shape index (κ1) is 10.1. The van der Waals surface area contributed by atoms with Gasteiger partial charge in [-0.3, -0.25) is 0 Å². The average Bonchev–Trinajstić information content (AvgIpc) is 2.85. The highest BCUT2D eigenvalue weighted by molar-refractivity contribution is 7.09. The van der Waals surface area contributed by atoms with Crippen LogP contribution in [0.15, 0.2) is 5.38 Å². The number of hydrogen-bond acceptors (Lipinski definition) is 4. The predicted molar refractivity (Wildman–Crippen MR) is 57.7 cm³/mol. The van der Waals surface area contributed by atoms with Crippen molar-refractivity contribution in [2.75, 3.05) is 13.2 Å². The zero-order valence-corrected chi connectivity index (χ0v) is 9.18. The smallest absolute Gasteiger partial charge is 0.0925 e. The number of aliphatic hydroxyl groups is 1. The normalized spacial score (nSPS) is 27.0. The van der Waals surface area contributed by atoms with Gasteiger partial charge in [-0.05, 0) is 19.4 Å². The van der Waals surface area contributed by atoms with E-state index in [0.29, 0.717) is 5.92 Å². The van der Waals surface area contributed by atoms with E-state index < -0.39 is 0 Å². The quantitative estimate of drug-likeness (QED) is 0.790. The number of rotatable bonds is 3. The molecule has 78 valence electrons. The molecule has 2 atom stereocenters. The molecule has 0 amide bonds. The maximum absolute atomic E-state index is 9.17. The lowest BCUT2D eigenvalue weighted by atomic mass is 9.98. The Morgan fingerprint density at radius 1 is 1.71 bits per heavy atom. The highest BCUT2D eigenvalue weighted by atomic mass is 32.1. The molecule has 2 unspecified atom stereocenters. The second kappa shape index (κ2) is 4.38. The fourth-order valence-electron chi connectivity index (χ4n) is 1.97. The van der Waals surface area contributed by atoms with Crippen LogP contribution in [0.4, 0.5) is 0 Å². The third-order valence-electron chi connectivity index (χ3n) is 2.80. The molecule has 0 radical (unpaired) electrons. The number of aliphatic hydroxyl groups excluding tert-OH is 1. The minimum Gasteiger partial charge on any atom is -0.395 e. The second-order valence-electron chi connectivity index (χ2n) is 3.66. The van der Waals surface area contributed by atoms with Gasteiger partial charge in [-0.1, -0.05) is 6.92 Å². The van der Waals surface area contributed by atoms with Crippen molar-refractivity contribution in [3.05, 3.63) is 16.1 Å². The predicted octanol–water partition coefficient (Wildman–Crippen LogP) is 1.14. The summed E-state index contributed by atoms with van der Waals surface area (Å²) in [5, 5.41) is 15.8. The summed E-state index contributed by atoms with van der Waals surface area (Å²) in [4.78, 5) is 4.58. The summed E-state index contributed by atoms with van der Waals surface area (Å²) in [7, 11) is 0. The van der Waals surface area contributed by atoms with E-state index >= 15 is 0 Å². The van der Waals surface area contributed by atoms with Crippen molar-refractivity contribution in [1.82, 2.24) is 10.3 Å². The summed E-state index contributed by atoms with van der Waals surface area (Å²) >= 11 is 1.73. The summed E-state index contributed by atoms with van der Waals surface area (Å²) < 4.78 is 0. The zero-order chi connectivity index (χ0) is 9.97. The van der Waals surface area contributed by atoms with Gasteiger partial charge in [0, 0.05) is 17.3 Å². The number of aromatic nitrogens is 1. The lowest BCUT2D eigenvalue weighted by Crippen LogP contribution is -2.29. The van der Waals surface area contributed by atoms with E-state index in [4.69, 9.17) is 0 Å². The molecule has 1 aliphatic rings. The molecule has 0 aliphatic carbocycles. The van der Waals surface area contributed by atoms with Crippen molar-refractivity contribution in [3.8, 4) is 0 Å². The molecule has 4 heteroatoms. The van der Waals surface area contributed by atoms with Crippen LogP contribution in [0.1, 0.15) is 30.0 Å². The highest BCUT2D eigenvalue weighted by Crippen LogP contribution is 2.28. The van der Waals surface area contributed by atoms with Gasteiger partial charge in [0.25, 0.3) is 0 Å². The number of hydrogen-bond donors (Lipinski definition) is 2. The highest BCUT2D eigenvalue weighted by Gasteiger charge is 2.29. The number of nitrogens with zero attached hydrogens (tertiary/aromatic N) is 1. The minimum absolute atomic E-state index is 0.210. The van der Waals surface area contributed by atoms with Crippen LogP contribution in [0.3, 0.4) is 0 Å². The number of thiazole rings is 1. The minimum atomic E-state index is 0.210. The van der Waals surface area contributed by atoms with E-state index in [9.17, 15) is 5.11 Å². The Kier molecular flexibility index (Phi) is 3.15. The first-order chi connectivity index (χ1) is 6.85. The van der Waals surface area contributed by atoms with Gasteiger partial charge in [0.2, 0.25) is 0 Å². The van der Waals surface area contributed by atoms with Crippen molar-refractivity contribution < 1.29 is 5.11 Å². The molecule has 1 aromatic heterocycles. The number of aryl methyl sites for hydroxylation is 1. The molecule has 1 saturated heterocycles. The molecular weight excluding hydrogens is 196 g/mol. The van der Waals surface area contributed by atoms with Gasteiger partial charge in [-0.25, -0.2) is 4.98 Å². The van der Waals surface area contributed by atoms with Crippen LogP contribution in [0.5, 0.6) is 0 Å². The Morgan fingerprint density at radius 3 is 3.21 bits per heavy atom. The molecule has 3 nitrogen and oxygen atoms in total. The van der Waals surface area contributed by atoms with E-state index in [2.05, 4.69) is 22.6 Å². The molecule has 0 saturated carbocycles. The third-order valence-corrected chi connectivity index (χ3v) is 3.81. The molecule has 0 bridgehead atoms. The van der Waals surface area contributed by atoms with E-state index in [1.807, 2.05) is 0 Å². The van der Waals surface area contributed by atoms with Gasteiger partial charge in [-0.2, -0.15) is 0 Å². The first-order valence-corrected chi connectivity index (χ1v) is 6.01. The lowest BCUT2D eigenvalue weighted by Gasteiger charge is -2.14. The Labute approximate surface area is 88.2 Å². The molecule has 1 fully saturated rings. The van der Waals surface area contributed by atoms with Crippen LogP contribution in [0, 0.1) is 0 Å². The van der Waals surface area contributed by atoms with Gasteiger partial charge in [0.05, 0.1) is 17.3 Å². The topological polar surface area (TPSA) is 45.2 Å². The molecular formula is C10H16N2OS. The molecule has 0 aromatic carbocycles. The Bertz CT molecular complexity index is 300. The van der Waals surface area contributed by atoms with Crippen LogP contribution in [-0.4, -0.2) is 29.3 Å². The molecule has 2 rings (SSSR count). The monoisotopic (exact) mass is 212 g/mol. The van der Waals surface area contributed by atoms with Crippen LogP contribution in [0.25, 0.3) is 0 Å². The summed E-state index contributed by atoms with van der Waals surface area (Å²) in [5.74, 6) is 0.413. The molecule has 0 spiro atoms. The molecule has 1 aliphatic heterocycles. The molecule has 2 N–H and O–H groups in total. The van der Waals surface area contributed by atoms with Gasteiger partial charge < -0.3 is 10.4 Å². The van der Waals surface area contributed by atoms with E-state index in [1.165, 1.54) is 5.01 Å². The van der Waals surface area contributed by atoms with Gasteiger partial charge in [-0.15, -0.1) is 11.3 Å². The van der Waals surface area contributed by atoms with Gasteiger partial charge >= 0.3 is 0 Å². The average molecular weight is 212 g/mol. The molecule has 14 heavy (non-hydrogen) atoms. The first-order valence-electron chi connectivity index (χ1n) is 5.13. The Morgan fingerprint density at radius 2 is 2.57 bits per heavy atom. The fraction of sp³-hybridized carbons (Fsp3) is 0.700.